The Hall–Kier alpha value is -0.420. The van der Waals surface area contributed by atoms with Gasteiger partial charge in [0.05, 0.1) is 0 Å². The summed E-state index contributed by atoms with van der Waals surface area (Å²) in [7, 11) is 6.69. The molecule has 1 unspecified atom stereocenters. The molecule has 146 valence electrons. The Kier molecular flexibility index (Phi) is 20.3. The highest BCUT2D eigenvalue weighted by Gasteiger charge is 2.39. The molecule has 0 saturated carbocycles. The molecule has 0 amide bonds. The summed E-state index contributed by atoms with van der Waals surface area (Å²) in [4.78, 5) is 0. The van der Waals surface area contributed by atoms with Crippen molar-refractivity contribution in [1.29, 1.82) is 0 Å². The fraction of sp³-hybridized carbons (Fsp3) is 0.900. The molecular weight excluding hydrogens is 304 g/mol. The molecule has 0 N–H and O–H groups in total. The molecule has 0 rings (SSSR count). The summed E-state index contributed by atoms with van der Waals surface area (Å²) in [6.45, 7) is 8.26. The lowest BCUT2D eigenvalue weighted by molar-refractivity contribution is -0.380. The zero-order valence-electron chi connectivity index (χ0n) is 17.1. The van der Waals surface area contributed by atoms with Crippen LogP contribution in [0.25, 0.3) is 0 Å². The molecular formula is C20H42O4. The predicted octanol–water partition coefficient (Wildman–Crippen LogP) is 5.57. The Labute approximate surface area is 150 Å². The number of rotatable bonds is 15. The minimum Gasteiger partial charge on any atom is -0.385 e. The van der Waals surface area contributed by atoms with Gasteiger partial charge < -0.3 is 18.9 Å². The van der Waals surface area contributed by atoms with Crippen molar-refractivity contribution >= 4 is 0 Å². The Morgan fingerprint density at radius 2 is 1.29 bits per heavy atom. The number of hydrogen-bond donors (Lipinski definition) is 0. The molecule has 0 aromatic rings. The summed E-state index contributed by atoms with van der Waals surface area (Å²) in [5.41, 5.74) is 0. The smallest absolute Gasteiger partial charge is 0.285 e. The molecule has 4 nitrogen and oxygen atoms in total. The third-order valence-corrected chi connectivity index (χ3v) is 4.16. The molecule has 0 aliphatic rings. The van der Waals surface area contributed by atoms with Crippen LogP contribution in [0.3, 0.4) is 0 Å². The van der Waals surface area contributed by atoms with E-state index in [1.807, 2.05) is 6.92 Å². The summed E-state index contributed by atoms with van der Waals surface area (Å²) in [5.74, 6) is -0.684. The van der Waals surface area contributed by atoms with Gasteiger partial charge in [0.1, 0.15) is 0 Å². The monoisotopic (exact) mass is 346 g/mol. The molecule has 0 radical (unpaired) electrons. The van der Waals surface area contributed by atoms with E-state index in [1.165, 1.54) is 38.5 Å². The molecule has 0 aliphatic carbocycles. The van der Waals surface area contributed by atoms with E-state index in [9.17, 15) is 0 Å². The first-order chi connectivity index (χ1) is 11.6. The number of methoxy groups -OCH3 is 4. The Bertz CT molecular complexity index is 244. The second kappa shape index (κ2) is 18.9. The molecule has 0 saturated heterocycles. The Morgan fingerprint density at radius 3 is 1.75 bits per heavy atom. The van der Waals surface area contributed by atoms with Crippen molar-refractivity contribution in [2.24, 2.45) is 5.92 Å². The minimum absolute atomic E-state index is 0.235. The van der Waals surface area contributed by atoms with Gasteiger partial charge >= 0.3 is 0 Å². The topological polar surface area (TPSA) is 36.9 Å². The number of ether oxygens (including phenoxy) is 4. The van der Waals surface area contributed by atoms with Crippen LogP contribution >= 0.6 is 0 Å². The second-order valence-corrected chi connectivity index (χ2v) is 6.01. The molecule has 0 aromatic carbocycles. The lowest BCUT2D eigenvalue weighted by Gasteiger charge is -2.36. The van der Waals surface area contributed by atoms with E-state index in [1.54, 1.807) is 34.5 Å². The highest BCUT2D eigenvalue weighted by Crippen LogP contribution is 2.32. The van der Waals surface area contributed by atoms with Crippen molar-refractivity contribution < 1.29 is 18.9 Å². The Balaban J connectivity index is 0. The maximum absolute atomic E-state index is 5.54. The van der Waals surface area contributed by atoms with E-state index in [0.29, 0.717) is 0 Å². The third-order valence-electron chi connectivity index (χ3n) is 4.16. The van der Waals surface area contributed by atoms with E-state index in [4.69, 9.17) is 18.9 Å². The van der Waals surface area contributed by atoms with Crippen molar-refractivity contribution in [2.45, 2.75) is 77.6 Å². The standard InChI is InChI=1S/C17H36O4.C3H6/c1-6-7-8-9-10-11-13-16(14-12-15-18-2)17(19-3,20-4)21-5;1-3-2/h16H,6-15H2,1-5H3;3H,1H2,2H3. The quantitative estimate of drug-likeness (QED) is 0.221. The van der Waals surface area contributed by atoms with Crippen LogP contribution in [0.5, 0.6) is 0 Å². The van der Waals surface area contributed by atoms with Crippen LogP contribution in [-0.4, -0.2) is 41.0 Å². The zero-order chi connectivity index (χ0) is 18.7. The maximum Gasteiger partial charge on any atom is 0.285 e. The molecule has 0 fully saturated rings. The second-order valence-electron chi connectivity index (χ2n) is 6.01. The summed E-state index contributed by atoms with van der Waals surface area (Å²) < 4.78 is 21.8. The van der Waals surface area contributed by atoms with Crippen LogP contribution in [-0.2, 0) is 18.9 Å². The zero-order valence-corrected chi connectivity index (χ0v) is 17.1. The van der Waals surface area contributed by atoms with Gasteiger partial charge in [-0.25, -0.2) is 0 Å². The molecule has 0 bridgehead atoms. The highest BCUT2D eigenvalue weighted by molar-refractivity contribution is 4.71. The van der Waals surface area contributed by atoms with E-state index < -0.39 is 5.97 Å². The van der Waals surface area contributed by atoms with Gasteiger partial charge in [0, 0.05) is 41.0 Å². The normalized spacial score (nSPS) is 12.4. The Morgan fingerprint density at radius 1 is 0.833 bits per heavy atom. The molecule has 0 spiro atoms. The largest absolute Gasteiger partial charge is 0.385 e. The lowest BCUT2D eigenvalue weighted by atomic mass is 9.93. The predicted molar refractivity (Wildman–Crippen MR) is 102 cm³/mol. The van der Waals surface area contributed by atoms with E-state index in [2.05, 4.69) is 13.5 Å². The van der Waals surface area contributed by atoms with Crippen LogP contribution in [0.1, 0.15) is 71.6 Å². The van der Waals surface area contributed by atoms with E-state index >= 15 is 0 Å². The van der Waals surface area contributed by atoms with Crippen LogP contribution in [0, 0.1) is 5.92 Å². The van der Waals surface area contributed by atoms with Gasteiger partial charge in [-0.1, -0.05) is 51.5 Å². The maximum atomic E-state index is 5.54. The van der Waals surface area contributed by atoms with Crippen molar-refractivity contribution in [3.05, 3.63) is 12.7 Å². The van der Waals surface area contributed by atoms with Gasteiger partial charge in [-0.05, 0) is 26.2 Å². The van der Waals surface area contributed by atoms with Crippen LogP contribution in [0.15, 0.2) is 12.7 Å². The van der Waals surface area contributed by atoms with Crippen molar-refractivity contribution in [2.75, 3.05) is 35.0 Å². The van der Waals surface area contributed by atoms with Crippen molar-refractivity contribution in [3.63, 3.8) is 0 Å². The first kappa shape index (κ1) is 25.8. The number of allylic oxidation sites excluding steroid dienone is 1. The molecule has 1 atom stereocenters. The van der Waals surface area contributed by atoms with Gasteiger partial charge in [0.25, 0.3) is 5.97 Å². The lowest BCUT2D eigenvalue weighted by Crippen LogP contribution is -2.44. The summed E-state index contributed by atoms with van der Waals surface area (Å²) >= 11 is 0. The SMILES string of the molecule is C=CC.CCCCCCCCC(CCCOC)C(OC)(OC)OC. The van der Waals surface area contributed by atoms with Gasteiger partial charge in [0.2, 0.25) is 0 Å². The van der Waals surface area contributed by atoms with E-state index in [-0.39, 0.29) is 5.92 Å². The van der Waals surface area contributed by atoms with Crippen molar-refractivity contribution in [3.8, 4) is 0 Å². The molecule has 0 aromatic heterocycles. The first-order valence-electron chi connectivity index (χ1n) is 9.33. The summed E-state index contributed by atoms with van der Waals surface area (Å²) in [6.07, 6.45) is 12.5. The number of hydrogen-bond acceptors (Lipinski definition) is 4. The molecule has 24 heavy (non-hydrogen) atoms. The molecule has 4 heteroatoms. The summed E-state index contributed by atoms with van der Waals surface area (Å²) in [5, 5.41) is 0. The average molecular weight is 347 g/mol. The first-order valence-corrected chi connectivity index (χ1v) is 9.33. The van der Waals surface area contributed by atoms with Crippen LogP contribution in [0.4, 0.5) is 0 Å². The number of unbranched alkanes of at least 4 members (excludes halogenated alkanes) is 5. The minimum atomic E-state index is -0.919. The third kappa shape index (κ3) is 12.0. The molecule has 0 heterocycles. The highest BCUT2D eigenvalue weighted by atomic mass is 16.9. The fourth-order valence-corrected chi connectivity index (χ4v) is 2.89. The van der Waals surface area contributed by atoms with Gasteiger partial charge in [0.15, 0.2) is 0 Å². The van der Waals surface area contributed by atoms with Crippen LogP contribution in [0.2, 0.25) is 0 Å². The molecule has 0 aliphatic heterocycles. The van der Waals surface area contributed by atoms with E-state index in [0.717, 1.165) is 25.9 Å². The van der Waals surface area contributed by atoms with Crippen LogP contribution < -0.4 is 0 Å². The van der Waals surface area contributed by atoms with Gasteiger partial charge in [-0.15, -0.1) is 6.58 Å². The fourth-order valence-electron chi connectivity index (χ4n) is 2.89. The average Bonchev–Trinajstić information content (AvgIpc) is 2.60. The van der Waals surface area contributed by atoms with Gasteiger partial charge in [-0.2, -0.15) is 0 Å². The van der Waals surface area contributed by atoms with Crippen molar-refractivity contribution in [1.82, 2.24) is 0 Å². The van der Waals surface area contributed by atoms with Gasteiger partial charge in [-0.3, -0.25) is 0 Å². The summed E-state index contributed by atoms with van der Waals surface area (Å²) in [6, 6.07) is 0.